The SMILES string of the molecule is CC(O)c1ccc(Br)cc1Sc1ccc([N+](=O)[O-])cc1. The predicted octanol–water partition coefficient (Wildman–Crippen LogP) is 4.56. The molecule has 104 valence electrons. The molecular formula is C14H12BrNO3S. The number of aliphatic hydroxyl groups is 1. The molecule has 1 unspecified atom stereocenters. The zero-order valence-corrected chi connectivity index (χ0v) is 13.0. The average Bonchev–Trinajstić information content (AvgIpc) is 2.39. The molecule has 1 atom stereocenters. The summed E-state index contributed by atoms with van der Waals surface area (Å²) in [5.41, 5.74) is 0.899. The lowest BCUT2D eigenvalue weighted by atomic mass is 10.1. The zero-order valence-electron chi connectivity index (χ0n) is 10.6. The van der Waals surface area contributed by atoms with E-state index in [0.29, 0.717) is 0 Å². The van der Waals surface area contributed by atoms with Crippen LogP contribution in [0.15, 0.2) is 56.7 Å². The first-order chi connectivity index (χ1) is 9.47. The van der Waals surface area contributed by atoms with Crippen molar-refractivity contribution < 1.29 is 10.0 Å². The Bertz CT molecular complexity index is 629. The van der Waals surface area contributed by atoms with Gasteiger partial charge < -0.3 is 5.11 Å². The van der Waals surface area contributed by atoms with Crippen LogP contribution < -0.4 is 0 Å². The lowest BCUT2D eigenvalue weighted by molar-refractivity contribution is -0.384. The number of hydrogen-bond acceptors (Lipinski definition) is 4. The van der Waals surface area contributed by atoms with Crippen molar-refractivity contribution >= 4 is 33.4 Å². The molecular weight excluding hydrogens is 342 g/mol. The third-order valence-electron chi connectivity index (χ3n) is 2.70. The normalized spacial score (nSPS) is 12.2. The maximum Gasteiger partial charge on any atom is 0.269 e. The summed E-state index contributed by atoms with van der Waals surface area (Å²) in [6.07, 6.45) is -0.566. The standard InChI is InChI=1S/C14H12BrNO3S/c1-9(17)13-7-2-10(15)8-14(13)20-12-5-3-11(4-6-12)16(18)19/h2-9,17H,1H3. The smallest absolute Gasteiger partial charge is 0.269 e. The van der Waals surface area contributed by atoms with Crippen LogP contribution in [-0.2, 0) is 0 Å². The lowest BCUT2D eigenvalue weighted by Gasteiger charge is -2.12. The number of non-ortho nitro benzene ring substituents is 1. The Kier molecular flexibility index (Phi) is 4.80. The Labute approximate surface area is 129 Å². The molecule has 20 heavy (non-hydrogen) atoms. The fraction of sp³-hybridized carbons (Fsp3) is 0.143. The van der Waals surface area contributed by atoms with Crippen molar-refractivity contribution in [1.29, 1.82) is 0 Å². The Balaban J connectivity index is 2.29. The van der Waals surface area contributed by atoms with Crippen LogP contribution in [0.1, 0.15) is 18.6 Å². The maximum absolute atomic E-state index is 10.6. The first-order valence-electron chi connectivity index (χ1n) is 5.87. The van der Waals surface area contributed by atoms with Crippen LogP contribution in [0, 0.1) is 10.1 Å². The molecule has 0 saturated carbocycles. The summed E-state index contributed by atoms with van der Waals surface area (Å²) >= 11 is 4.87. The molecule has 0 aliphatic carbocycles. The quantitative estimate of drug-likeness (QED) is 0.646. The zero-order chi connectivity index (χ0) is 14.7. The van der Waals surface area contributed by atoms with Crippen molar-refractivity contribution in [3.05, 3.63) is 62.6 Å². The van der Waals surface area contributed by atoms with Crippen LogP contribution in [0.4, 0.5) is 5.69 Å². The van der Waals surface area contributed by atoms with Gasteiger partial charge in [-0.3, -0.25) is 10.1 Å². The van der Waals surface area contributed by atoms with Gasteiger partial charge in [-0.2, -0.15) is 0 Å². The van der Waals surface area contributed by atoms with Crippen LogP contribution in [0.25, 0.3) is 0 Å². The van der Waals surface area contributed by atoms with E-state index in [1.54, 1.807) is 19.1 Å². The molecule has 0 bridgehead atoms. The van der Waals surface area contributed by atoms with Gasteiger partial charge in [0, 0.05) is 26.4 Å². The van der Waals surface area contributed by atoms with Gasteiger partial charge in [-0.25, -0.2) is 0 Å². The predicted molar refractivity (Wildman–Crippen MR) is 82.0 cm³/mol. The fourth-order valence-electron chi connectivity index (χ4n) is 1.70. The van der Waals surface area contributed by atoms with Gasteiger partial charge in [-0.05, 0) is 36.8 Å². The molecule has 2 aromatic rings. The Morgan fingerprint density at radius 2 is 1.90 bits per heavy atom. The van der Waals surface area contributed by atoms with Gasteiger partial charge in [-0.15, -0.1) is 0 Å². The van der Waals surface area contributed by atoms with Gasteiger partial charge in [0.05, 0.1) is 11.0 Å². The third-order valence-corrected chi connectivity index (χ3v) is 4.28. The molecule has 0 aliphatic rings. The number of nitrogens with zero attached hydrogens (tertiary/aromatic N) is 1. The Morgan fingerprint density at radius 3 is 2.45 bits per heavy atom. The number of benzene rings is 2. The molecule has 0 aliphatic heterocycles. The maximum atomic E-state index is 10.6. The van der Waals surface area contributed by atoms with Crippen LogP contribution in [0.3, 0.4) is 0 Å². The summed E-state index contributed by atoms with van der Waals surface area (Å²) in [4.78, 5) is 12.0. The van der Waals surface area contributed by atoms with Gasteiger partial charge in [-0.1, -0.05) is 33.8 Å². The molecule has 4 nitrogen and oxygen atoms in total. The first kappa shape index (κ1) is 15.0. The number of hydrogen-bond donors (Lipinski definition) is 1. The van der Waals surface area contributed by atoms with E-state index in [9.17, 15) is 15.2 Å². The van der Waals surface area contributed by atoms with Gasteiger partial charge >= 0.3 is 0 Å². The minimum absolute atomic E-state index is 0.0688. The van der Waals surface area contributed by atoms with Crippen LogP contribution >= 0.6 is 27.7 Å². The fourth-order valence-corrected chi connectivity index (χ4v) is 3.29. The van der Waals surface area contributed by atoms with Crippen molar-refractivity contribution in [2.24, 2.45) is 0 Å². The van der Waals surface area contributed by atoms with Gasteiger partial charge in [0.1, 0.15) is 0 Å². The van der Waals surface area contributed by atoms with E-state index in [0.717, 1.165) is 19.8 Å². The van der Waals surface area contributed by atoms with Gasteiger partial charge in [0.2, 0.25) is 0 Å². The monoisotopic (exact) mass is 353 g/mol. The Morgan fingerprint density at radius 1 is 1.25 bits per heavy atom. The van der Waals surface area contributed by atoms with Crippen molar-refractivity contribution in [2.75, 3.05) is 0 Å². The molecule has 2 rings (SSSR count). The van der Waals surface area contributed by atoms with Crippen molar-refractivity contribution in [2.45, 2.75) is 22.8 Å². The largest absolute Gasteiger partial charge is 0.389 e. The van der Waals surface area contributed by atoms with E-state index in [2.05, 4.69) is 15.9 Å². The second-order valence-corrected chi connectivity index (χ2v) is 6.24. The third kappa shape index (κ3) is 3.59. The topological polar surface area (TPSA) is 63.4 Å². The van der Waals surface area contributed by atoms with E-state index >= 15 is 0 Å². The molecule has 0 spiro atoms. The van der Waals surface area contributed by atoms with Crippen molar-refractivity contribution in [1.82, 2.24) is 0 Å². The van der Waals surface area contributed by atoms with Crippen LogP contribution in [-0.4, -0.2) is 10.0 Å². The number of halogens is 1. The van der Waals surface area contributed by atoms with Crippen LogP contribution in [0.2, 0.25) is 0 Å². The highest BCUT2D eigenvalue weighted by Crippen LogP contribution is 2.35. The highest BCUT2D eigenvalue weighted by Gasteiger charge is 2.11. The van der Waals surface area contributed by atoms with Crippen molar-refractivity contribution in [3.63, 3.8) is 0 Å². The number of aliphatic hydroxyl groups excluding tert-OH is 1. The molecule has 0 aromatic heterocycles. The minimum atomic E-state index is -0.566. The van der Waals surface area contributed by atoms with E-state index in [1.165, 1.54) is 23.9 Å². The number of nitro benzene ring substituents is 1. The molecule has 2 aromatic carbocycles. The molecule has 6 heteroatoms. The highest BCUT2D eigenvalue weighted by atomic mass is 79.9. The average molecular weight is 354 g/mol. The highest BCUT2D eigenvalue weighted by molar-refractivity contribution is 9.10. The summed E-state index contributed by atoms with van der Waals surface area (Å²) in [5, 5.41) is 20.4. The van der Waals surface area contributed by atoms with Gasteiger partial charge in [0.15, 0.2) is 0 Å². The summed E-state index contributed by atoms with van der Waals surface area (Å²) in [6, 6.07) is 12.0. The van der Waals surface area contributed by atoms with Crippen LogP contribution in [0.5, 0.6) is 0 Å². The molecule has 0 saturated heterocycles. The molecule has 0 amide bonds. The molecule has 0 fully saturated rings. The number of rotatable bonds is 4. The summed E-state index contributed by atoms with van der Waals surface area (Å²) in [5.74, 6) is 0. The minimum Gasteiger partial charge on any atom is -0.389 e. The first-order valence-corrected chi connectivity index (χ1v) is 7.48. The van der Waals surface area contributed by atoms with Gasteiger partial charge in [0.25, 0.3) is 5.69 Å². The second kappa shape index (κ2) is 6.39. The summed E-state index contributed by atoms with van der Waals surface area (Å²) in [6.45, 7) is 1.71. The molecule has 0 heterocycles. The molecule has 0 radical (unpaired) electrons. The van der Waals surface area contributed by atoms with E-state index in [1.807, 2.05) is 18.2 Å². The second-order valence-electron chi connectivity index (χ2n) is 4.21. The number of nitro groups is 1. The Hall–Kier alpha value is -1.37. The van der Waals surface area contributed by atoms with E-state index < -0.39 is 11.0 Å². The summed E-state index contributed by atoms with van der Waals surface area (Å²) in [7, 11) is 0. The molecule has 1 N–H and O–H groups in total. The lowest BCUT2D eigenvalue weighted by Crippen LogP contribution is -1.94. The van der Waals surface area contributed by atoms with E-state index in [-0.39, 0.29) is 5.69 Å². The summed E-state index contributed by atoms with van der Waals surface area (Å²) < 4.78 is 0.923. The van der Waals surface area contributed by atoms with Crippen molar-refractivity contribution in [3.8, 4) is 0 Å². The van der Waals surface area contributed by atoms with E-state index in [4.69, 9.17) is 0 Å².